The van der Waals surface area contributed by atoms with Gasteiger partial charge < -0.3 is 33.7 Å². The van der Waals surface area contributed by atoms with Gasteiger partial charge in [-0.2, -0.15) is 0 Å². The number of hydrogen-bond donors (Lipinski definition) is 1. The topological polar surface area (TPSA) is 104 Å². The van der Waals surface area contributed by atoms with Gasteiger partial charge in [-0.05, 0) is 48.0 Å². The minimum atomic E-state index is -0.949. The molecule has 1 aliphatic heterocycles. The summed E-state index contributed by atoms with van der Waals surface area (Å²) >= 11 is 12.8. The second-order valence-corrected chi connectivity index (χ2v) is 9.36. The van der Waals surface area contributed by atoms with Crippen molar-refractivity contribution in [1.82, 2.24) is 4.90 Å². The summed E-state index contributed by atoms with van der Waals surface area (Å²) in [5.41, 5.74) is 0.440. The van der Waals surface area contributed by atoms with Gasteiger partial charge in [-0.3, -0.25) is 9.59 Å². The minimum absolute atomic E-state index is 0.00201. The molecular weight excluding hydrogens is 561 g/mol. The number of carbonyl (C=O) groups is 2. The number of rotatable bonds is 10. The summed E-state index contributed by atoms with van der Waals surface area (Å²) in [5, 5.41) is 11.6. The first-order chi connectivity index (χ1) is 19.2. The van der Waals surface area contributed by atoms with Gasteiger partial charge in [-0.1, -0.05) is 35.3 Å². The van der Waals surface area contributed by atoms with E-state index >= 15 is 0 Å². The molecule has 1 saturated heterocycles. The quantitative estimate of drug-likeness (QED) is 0.188. The number of ether oxygens (including phenoxy) is 5. The number of halogens is 2. The lowest BCUT2D eigenvalue weighted by molar-refractivity contribution is -0.140. The number of carbonyl (C=O) groups excluding carboxylic acids is 2. The van der Waals surface area contributed by atoms with E-state index in [1.54, 1.807) is 55.6 Å². The molecule has 1 amide bonds. The van der Waals surface area contributed by atoms with Crippen LogP contribution in [0.25, 0.3) is 5.76 Å². The van der Waals surface area contributed by atoms with Gasteiger partial charge in [0.15, 0.2) is 11.5 Å². The summed E-state index contributed by atoms with van der Waals surface area (Å²) in [6.45, 7) is 0.126. The van der Waals surface area contributed by atoms with Crippen molar-refractivity contribution < 1.29 is 38.4 Å². The number of aliphatic hydroxyl groups excluding tert-OH is 1. The highest BCUT2D eigenvalue weighted by Crippen LogP contribution is 2.47. The Morgan fingerprint density at radius 3 is 1.93 bits per heavy atom. The Morgan fingerprint density at radius 2 is 1.38 bits per heavy atom. The fourth-order valence-corrected chi connectivity index (χ4v) is 5.16. The van der Waals surface area contributed by atoms with Crippen LogP contribution in [0.15, 0.2) is 60.2 Å². The summed E-state index contributed by atoms with van der Waals surface area (Å²) in [7, 11) is 5.83. The van der Waals surface area contributed by atoms with E-state index in [0.29, 0.717) is 22.8 Å². The molecular formula is C29H27Cl2NO8. The highest BCUT2D eigenvalue weighted by atomic mass is 35.5. The lowest BCUT2D eigenvalue weighted by atomic mass is 9.95. The molecule has 11 heteroatoms. The molecule has 3 aromatic carbocycles. The Bertz CT molecular complexity index is 1440. The van der Waals surface area contributed by atoms with E-state index in [-0.39, 0.29) is 45.8 Å². The maximum Gasteiger partial charge on any atom is 0.295 e. The maximum absolute atomic E-state index is 13.4. The van der Waals surface area contributed by atoms with Crippen molar-refractivity contribution in [2.24, 2.45) is 0 Å². The third-order valence-corrected chi connectivity index (χ3v) is 7.05. The van der Waals surface area contributed by atoms with E-state index in [9.17, 15) is 14.7 Å². The van der Waals surface area contributed by atoms with Gasteiger partial charge in [0, 0.05) is 0 Å². The van der Waals surface area contributed by atoms with Crippen LogP contribution < -0.4 is 23.7 Å². The number of benzene rings is 3. The SMILES string of the molecule is COc1ccc(OCCN2C(=O)C(=O)/C(=C(/O)c3cc(Cl)c(OC)c(Cl)c3OC)C2c2ccc(OC)cc2)cc1. The average molecular weight is 588 g/mol. The summed E-state index contributed by atoms with van der Waals surface area (Å²) < 4.78 is 26.9. The molecule has 0 aliphatic carbocycles. The first kappa shape index (κ1) is 28.9. The molecule has 1 fully saturated rings. The molecule has 0 aromatic heterocycles. The van der Waals surface area contributed by atoms with Crippen molar-refractivity contribution in [1.29, 1.82) is 0 Å². The van der Waals surface area contributed by atoms with E-state index < -0.39 is 23.5 Å². The Kier molecular flexibility index (Phi) is 8.96. The van der Waals surface area contributed by atoms with E-state index in [1.165, 1.54) is 32.3 Å². The molecule has 3 aromatic rings. The number of aliphatic hydroxyl groups is 1. The van der Waals surface area contributed by atoms with Gasteiger partial charge in [0.25, 0.3) is 11.7 Å². The van der Waals surface area contributed by atoms with Crippen LogP contribution in [-0.2, 0) is 9.59 Å². The lowest BCUT2D eigenvalue weighted by Crippen LogP contribution is -2.33. The van der Waals surface area contributed by atoms with E-state index in [1.807, 2.05) is 0 Å². The first-order valence-electron chi connectivity index (χ1n) is 12.0. The van der Waals surface area contributed by atoms with Crippen molar-refractivity contribution in [3.05, 3.63) is 81.3 Å². The van der Waals surface area contributed by atoms with Crippen LogP contribution in [0, 0.1) is 0 Å². The summed E-state index contributed by atoms with van der Waals surface area (Å²) in [6, 6.07) is 14.2. The third kappa shape index (κ3) is 5.48. The van der Waals surface area contributed by atoms with E-state index in [0.717, 1.165) is 0 Å². The van der Waals surface area contributed by atoms with Crippen molar-refractivity contribution >= 4 is 40.7 Å². The number of hydrogen-bond acceptors (Lipinski definition) is 8. The molecule has 1 unspecified atom stereocenters. The zero-order valence-corrected chi connectivity index (χ0v) is 23.7. The van der Waals surface area contributed by atoms with Crippen LogP contribution >= 0.6 is 23.2 Å². The predicted octanol–water partition coefficient (Wildman–Crippen LogP) is 5.53. The normalized spacial score (nSPS) is 16.1. The predicted molar refractivity (Wildman–Crippen MR) is 150 cm³/mol. The van der Waals surface area contributed by atoms with Crippen LogP contribution in [0.2, 0.25) is 10.0 Å². The fraction of sp³-hybridized carbons (Fsp3) is 0.241. The van der Waals surface area contributed by atoms with Crippen molar-refractivity contribution in [3.63, 3.8) is 0 Å². The molecule has 0 spiro atoms. The summed E-state index contributed by atoms with van der Waals surface area (Å²) in [4.78, 5) is 28.1. The largest absolute Gasteiger partial charge is 0.507 e. The molecule has 1 heterocycles. The first-order valence-corrected chi connectivity index (χ1v) is 12.8. The van der Waals surface area contributed by atoms with Gasteiger partial charge >= 0.3 is 0 Å². The molecule has 1 N–H and O–H groups in total. The molecule has 4 rings (SSSR count). The lowest BCUT2D eigenvalue weighted by Gasteiger charge is -2.25. The Balaban J connectivity index is 1.77. The van der Waals surface area contributed by atoms with Gasteiger partial charge in [0.1, 0.15) is 34.6 Å². The van der Waals surface area contributed by atoms with E-state index in [4.69, 9.17) is 46.9 Å². The average Bonchev–Trinajstić information content (AvgIpc) is 3.22. The standard InChI is InChI=1S/C29H27Cl2NO8/c1-36-17-7-5-16(6-8-17)24-22(25(33)20-15-21(30)28(39-4)23(31)27(20)38-3)26(34)29(35)32(24)13-14-40-19-11-9-18(37-2)10-12-19/h5-12,15,24,33H,13-14H2,1-4H3/b25-22+. The molecule has 9 nitrogen and oxygen atoms in total. The zero-order valence-electron chi connectivity index (χ0n) is 22.2. The highest BCUT2D eigenvalue weighted by Gasteiger charge is 2.46. The molecule has 1 aliphatic rings. The van der Waals surface area contributed by atoms with E-state index in [2.05, 4.69) is 0 Å². The highest BCUT2D eigenvalue weighted by molar-refractivity contribution is 6.47. The second kappa shape index (κ2) is 12.4. The number of ketones is 1. The molecule has 210 valence electrons. The Labute approximate surface area is 241 Å². The monoisotopic (exact) mass is 587 g/mol. The smallest absolute Gasteiger partial charge is 0.295 e. The Morgan fingerprint density at radius 1 is 0.825 bits per heavy atom. The van der Waals surface area contributed by atoms with Crippen molar-refractivity contribution in [3.8, 4) is 28.7 Å². The summed E-state index contributed by atoms with van der Waals surface area (Å²) in [5.74, 6) is -0.196. The van der Waals surface area contributed by atoms with Crippen molar-refractivity contribution in [2.45, 2.75) is 6.04 Å². The van der Waals surface area contributed by atoms with Gasteiger partial charge in [0.05, 0.1) is 57.2 Å². The summed E-state index contributed by atoms with van der Waals surface area (Å²) in [6.07, 6.45) is 0. The van der Waals surface area contributed by atoms with Crippen LogP contribution in [0.1, 0.15) is 17.2 Å². The Hall–Kier alpha value is -4.08. The van der Waals surface area contributed by atoms with Gasteiger partial charge in [0.2, 0.25) is 0 Å². The number of nitrogens with zero attached hydrogens (tertiary/aromatic N) is 1. The molecule has 0 radical (unpaired) electrons. The number of Topliss-reactive ketones (excluding diaryl/α,β-unsaturated/α-hetero) is 1. The minimum Gasteiger partial charge on any atom is -0.507 e. The molecule has 40 heavy (non-hydrogen) atoms. The third-order valence-electron chi connectivity index (χ3n) is 6.43. The number of amides is 1. The second-order valence-electron chi connectivity index (χ2n) is 8.58. The van der Waals surface area contributed by atoms with Crippen molar-refractivity contribution in [2.75, 3.05) is 41.6 Å². The molecule has 1 atom stereocenters. The molecule has 0 bridgehead atoms. The van der Waals surface area contributed by atoms with Crippen LogP contribution in [0.3, 0.4) is 0 Å². The van der Waals surface area contributed by atoms with Gasteiger partial charge in [-0.25, -0.2) is 0 Å². The maximum atomic E-state index is 13.4. The van der Waals surface area contributed by atoms with Crippen LogP contribution in [0.5, 0.6) is 28.7 Å². The zero-order chi connectivity index (χ0) is 29.0. The molecule has 0 saturated carbocycles. The van der Waals surface area contributed by atoms with Crippen LogP contribution in [0.4, 0.5) is 0 Å². The number of methoxy groups -OCH3 is 4. The van der Waals surface area contributed by atoms with Gasteiger partial charge in [-0.15, -0.1) is 0 Å². The fourth-order valence-electron chi connectivity index (χ4n) is 4.47. The number of likely N-dealkylation sites (tertiary alicyclic amines) is 1. The van der Waals surface area contributed by atoms with Crippen LogP contribution in [-0.4, -0.2) is 63.3 Å².